The lowest BCUT2D eigenvalue weighted by Gasteiger charge is -2.44. The van der Waals surface area contributed by atoms with Crippen molar-refractivity contribution in [3.63, 3.8) is 0 Å². The minimum absolute atomic E-state index is 0.218. The van der Waals surface area contributed by atoms with Crippen molar-refractivity contribution in [2.75, 3.05) is 25.6 Å². The number of ether oxygens (including phenoxy) is 1. The minimum Gasteiger partial charge on any atom is -0.478 e. The predicted octanol–water partition coefficient (Wildman–Crippen LogP) is 6.36. The van der Waals surface area contributed by atoms with Crippen LogP contribution in [0.15, 0.2) is 65.6 Å². The van der Waals surface area contributed by atoms with Gasteiger partial charge in [0.2, 0.25) is 0 Å². The van der Waals surface area contributed by atoms with E-state index in [1.807, 2.05) is 42.2 Å². The number of carboxylic acid groups (broad SMARTS) is 1. The molecule has 3 N–H and O–H groups in total. The first-order valence-corrected chi connectivity index (χ1v) is 12.7. The lowest BCUT2D eigenvalue weighted by molar-refractivity contribution is 0.0629. The van der Waals surface area contributed by atoms with Crippen LogP contribution >= 0.6 is 22.4 Å². The zero-order valence-corrected chi connectivity index (χ0v) is 20.9. The van der Waals surface area contributed by atoms with E-state index in [4.69, 9.17) is 16.3 Å². The Morgan fingerprint density at radius 2 is 1.86 bits per heavy atom. The first-order valence-electron chi connectivity index (χ1n) is 10.8. The van der Waals surface area contributed by atoms with Gasteiger partial charge in [-0.3, -0.25) is 9.11 Å². The van der Waals surface area contributed by atoms with Gasteiger partial charge in [-0.15, -0.1) is 10.8 Å². The normalized spacial score (nSPS) is 19.5. The Labute approximate surface area is 209 Å². The first-order chi connectivity index (χ1) is 16.6. The van der Waals surface area contributed by atoms with E-state index in [9.17, 15) is 23.4 Å². The molecule has 0 radical (unpaired) electrons. The number of hydrogen-bond donors (Lipinski definition) is 3. The number of carboxylic acids is 1. The van der Waals surface area contributed by atoms with Crippen molar-refractivity contribution in [3.05, 3.63) is 77.1 Å². The maximum atomic E-state index is 14.0. The molecule has 10 heteroatoms. The van der Waals surface area contributed by atoms with Gasteiger partial charge in [-0.1, -0.05) is 35.9 Å². The van der Waals surface area contributed by atoms with Crippen molar-refractivity contribution in [2.24, 2.45) is 0 Å². The van der Waals surface area contributed by atoms with Crippen LogP contribution in [0.5, 0.6) is 0 Å². The summed E-state index contributed by atoms with van der Waals surface area (Å²) in [5.74, 6) is -2.28. The van der Waals surface area contributed by atoms with Gasteiger partial charge in [-0.25, -0.2) is 9.18 Å². The van der Waals surface area contributed by atoms with Crippen LogP contribution in [0.3, 0.4) is 0 Å². The summed E-state index contributed by atoms with van der Waals surface area (Å²) in [4.78, 5) is 13.6. The Bertz CT molecular complexity index is 1260. The van der Waals surface area contributed by atoms with Gasteiger partial charge in [-0.05, 0) is 48.9 Å². The zero-order chi connectivity index (χ0) is 25.5. The number of halogens is 2. The molecular weight excluding hydrogens is 495 g/mol. The summed E-state index contributed by atoms with van der Waals surface area (Å²) < 4.78 is 44.1. The molecular formula is C25H26ClFN2O5S. The van der Waals surface area contributed by atoms with Crippen molar-refractivity contribution in [3.8, 4) is 11.1 Å². The van der Waals surface area contributed by atoms with Crippen molar-refractivity contribution >= 4 is 39.7 Å². The molecule has 4 rings (SSSR count). The fraction of sp³-hybridized carbons (Fsp3) is 0.240. The Kier molecular flexibility index (Phi) is 7.10. The van der Waals surface area contributed by atoms with Crippen LogP contribution in [0, 0.1) is 5.82 Å². The van der Waals surface area contributed by atoms with Crippen LogP contribution in [0.4, 0.5) is 15.8 Å². The van der Waals surface area contributed by atoms with Crippen molar-refractivity contribution in [1.29, 1.82) is 0 Å². The van der Waals surface area contributed by atoms with E-state index in [-0.39, 0.29) is 16.0 Å². The summed E-state index contributed by atoms with van der Waals surface area (Å²) in [6.07, 6.45) is -0.336. The summed E-state index contributed by atoms with van der Waals surface area (Å²) in [6.45, 7) is 2.24. The maximum absolute atomic E-state index is 14.0. The minimum atomic E-state index is -3.52. The highest BCUT2D eigenvalue weighted by atomic mass is 35.5. The van der Waals surface area contributed by atoms with Gasteiger partial charge in [-0.2, -0.15) is 4.31 Å². The summed E-state index contributed by atoms with van der Waals surface area (Å²) in [5.41, 5.74) is 1.52. The number of rotatable bonds is 5. The molecule has 0 fully saturated rings. The highest BCUT2D eigenvalue weighted by molar-refractivity contribution is 8.22. The van der Waals surface area contributed by atoms with Gasteiger partial charge < -0.3 is 14.7 Å². The molecule has 35 heavy (non-hydrogen) atoms. The smallest absolute Gasteiger partial charge is 0.338 e. The van der Waals surface area contributed by atoms with E-state index >= 15 is 0 Å². The lowest BCUT2D eigenvalue weighted by atomic mass is 10.0. The number of hydrogen-bond acceptors (Lipinski definition) is 6. The van der Waals surface area contributed by atoms with E-state index in [2.05, 4.69) is 0 Å². The fourth-order valence-electron chi connectivity index (χ4n) is 4.25. The van der Waals surface area contributed by atoms with Crippen LogP contribution in [0.2, 0.25) is 5.02 Å². The Balaban J connectivity index is 1.96. The molecule has 2 atom stereocenters. The molecule has 0 saturated heterocycles. The van der Waals surface area contributed by atoms with Crippen molar-refractivity contribution < 1.29 is 28.1 Å². The average Bonchev–Trinajstić information content (AvgIpc) is 2.92. The van der Waals surface area contributed by atoms with Gasteiger partial charge in [0.05, 0.1) is 33.3 Å². The summed E-state index contributed by atoms with van der Waals surface area (Å²) in [6, 6.07) is 15.9. The monoisotopic (exact) mass is 520 g/mol. The van der Waals surface area contributed by atoms with Gasteiger partial charge >= 0.3 is 5.97 Å². The van der Waals surface area contributed by atoms with Crippen molar-refractivity contribution in [2.45, 2.75) is 24.0 Å². The van der Waals surface area contributed by atoms with Crippen LogP contribution in [0.25, 0.3) is 11.1 Å². The number of carbonyl (C=O) groups is 1. The second kappa shape index (κ2) is 9.77. The van der Waals surface area contributed by atoms with Crippen LogP contribution in [-0.4, -0.2) is 57.3 Å². The molecule has 3 aromatic carbocycles. The number of fused-ring (bicyclic) bond motifs is 1. The summed E-state index contributed by atoms with van der Waals surface area (Å²) in [5, 5.41) is 9.60. The SMILES string of the molecule is CO[C@@H](C)C1CN(c2ccccc2)c2cc(Cl)c(-c3ccc(F)c(C(=O)O)c3)cc2S(O)(O)N1C. The molecule has 0 aromatic heterocycles. The van der Waals surface area contributed by atoms with E-state index < -0.39 is 34.2 Å². The third-order valence-corrected chi connectivity index (χ3v) is 8.67. The Hall–Kier alpha value is -2.66. The fourth-order valence-corrected chi connectivity index (χ4v) is 6.17. The molecule has 1 aliphatic heterocycles. The third-order valence-electron chi connectivity index (χ3n) is 6.36. The Morgan fingerprint density at radius 3 is 2.49 bits per heavy atom. The molecule has 1 aliphatic rings. The van der Waals surface area contributed by atoms with Gasteiger partial charge in [0.25, 0.3) is 0 Å². The van der Waals surface area contributed by atoms with Crippen molar-refractivity contribution in [1.82, 2.24) is 4.31 Å². The average molecular weight is 521 g/mol. The number of likely N-dealkylation sites (N-methyl/N-ethyl adjacent to an activating group) is 1. The Morgan fingerprint density at radius 1 is 1.17 bits per heavy atom. The standard InChI is InChI=1S/C25H26ClFN2O5S/c1-15(34-3)23-14-29(17-7-5-4-6-8-17)22-13-20(26)18(12-24(22)35(32,33)28(23)2)16-9-10-21(27)19(11-16)25(30)31/h4-13,15,23,32-33H,14H2,1-3H3,(H,30,31)/t15-,23?/m0/s1. The van der Waals surface area contributed by atoms with Gasteiger partial charge in [0, 0.05) is 32.0 Å². The maximum Gasteiger partial charge on any atom is 0.338 e. The molecule has 0 spiro atoms. The molecule has 1 unspecified atom stereocenters. The highest BCUT2D eigenvalue weighted by Gasteiger charge is 2.40. The predicted molar refractivity (Wildman–Crippen MR) is 136 cm³/mol. The molecule has 3 aromatic rings. The van der Waals surface area contributed by atoms with Crippen LogP contribution in [0.1, 0.15) is 17.3 Å². The number of anilines is 2. The van der Waals surface area contributed by atoms with Gasteiger partial charge in [0.15, 0.2) is 0 Å². The lowest BCUT2D eigenvalue weighted by Crippen LogP contribution is -2.46. The largest absolute Gasteiger partial charge is 0.478 e. The number of para-hydroxylation sites is 1. The van der Waals surface area contributed by atoms with E-state index in [1.165, 1.54) is 22.5 Å². The van der Waals surface area contributed by atoms with Crippen LogP contribution < -0.4 is 4.90 Å². The molecule has 7 nitrogen and oxygen atoms in total. The molecule has 0 aliphatic carbocycles. The first kappa shape index (κ1) is 25.4. The second-order valence-electron chi connectivity index (χ2n) is 8.32. The van der Waals surface area contributed by atoms with E-state index in [0.717, 1.165) is 11.8 Å². The molecule has 1 heterocycles. The number of benzene rings is 3. The number of nitrogens with zero attached hydrogens (tertiary/aromatic N) is 2. The van der Waals surface area contributed by atoms with E-state index in [0.29, 0.717) is 23.4 Å². The molecule has 186 valence electrons. The van der Waals surface area contributed by atoms with Crippen LogP contribution in [-0.2, 0) is 4.74 Å². The zero-order valence-electron chi connectivity index (χ0n) is 19.4. The van der Waals surface area contributed by atoms with E-state index in [1.54, 1.807) is 20.2 Å². The second-order valence-corrected chi connectivity index (χ2v) is 10.8. The molecule has 0 amide bonds. The molecule has 0 saturated carbocycles. The summed E-state index contributed by atoms with van der Waals surface area (Å²) in [7, 11) is -0.326. The number of methoxy groups -OCH3 is 1. The molecule has 0 bridgehead atoms. The quantitative estimate of drug-likeness (QED) is 0.360. The third kappa shape index (κ3) is 4.63. The highest BCUT2D eigenvalue weighted by Crippen LogP contribution is 2.59. The number of aromatic carboxylic acids is 1. The van der Waals surface area contributed by atoms with Gasteiger partial charge in [0.1, 0.15) is 5.82 Å². The topological polar surface area (TPSA) is 93.5 Å². The summed E-state index contributed by atoms with van der Waals surface area (Å²) >= 11 is 6.67.